The van der Waals surface area contributed by atoms with Crippen LogP contribution in [-0.4, -0.2) is 27.3 Å². The van der Waals surface area contributed by atoms with Crippen LogP contribution in [0.4, 0.5) is 5.69 Å². The number of hydrogen-bond acceptors (Lipinski definition) is 4. The smallest absolute Gasteiger partial charge is 0.295 e. The van der Waals surface area contributed by atoms with E-state index in [4.69, 9.17) is 4.74 Å². The standard InChI is InChI=1S/C25H24N4O2/c1-4-31-21-15-13-20(14-16-21)26-25(30)23-27-24(19-11-9-17(2)10-12-19)29(28-23)22-8-6-5-7-18(22)3/h5-16H,4H2,1-3H3,(H,26,30). The molecule has 0 saturated carbocycles. The van der Waals surface area contributed by atoms with E-state index >= 15 is 0 Å². The second-order valence-corrected chi connectivity index (χ2v) is 7.23. The van der Waals surface area contributed by atoms with E-state index in [-0.39, 0.29) is 11.7 Å². The van der Waals surface area contributed by atoms with E-state index in [1.54, 1.807) is 16.8 Å². The van der Waals surface area contributed by atoms with Crippen LogP contribution < -0.4 is 10.1 Å². The average Bonchev–Trinajstić information content (AvgIpc) is 3.21. The number of carbonyl (C=O) groups excluding carboxylic acids is 1. The van der Waals surface area contributed by atoms with Gasteiger partial charge in [-0.25, -0.2) is 9.67 Å². The van der Waals surface area contributed by atoms with Gasteiger partial charge in [0.25, 0.3) is 5.91 Å². The Hall–Kier alpha value is -3.93. The van der Waals surface area contributed by atoms with Gasteiger partial charge in [0.15, 0.2) is 5.82 Å². The van der Waals surface area contributed by atoms with Crippen molar-refractivity contribution >= 4 is 11.6 Å². The third kappa shape index (κ3) is 4.48. The van der Waals surface area contributed by atoms with Crippen molar-refractivity contribution in [2.45, 2.75) is 20.8 Å². The number of amides is 1. The molecule has 1 N–H and O–H groups in total. The first kappa shape index (κ1) is 20.3. The number of ether oxygens (including phenoxy) is 1. The van der Waals surface area contributed by atoms with Crippen LogP contribution in [0.1, 0.15) is 28.7 Å². The van der Waals surface area contributed by atoms with Gasteiger partial charge in [0.1, 0.15) is 5.75 Å². The van der Waals surface area contributed by atoms with Gasteiger partial charge < -0.3 is 10.1 Å². The zero-order valence-electron chi connectivity index (χ0n) is 17.8. The Morgan fingerprint density at radius 3 is 2.35 bits per heavy atom. The van der Waals surface area contributed by atoms with E-state index in [0.29, 0.717) is 18.1 Å². The fourth-order valence-electron chi connectivity index (χ4n) is 3.25. The first-order valence-electron chi connectivity index (χ1n) is 10.2. The molecule has 31 heavy (non-hydrogen) atoms. The minimum atomic E-state index is -0.371. The lowest BCUT2D eigenvalue weighted by molar-refractivity contribution is 0.101. The highest BCUT2D eigenvalue weighted by molar-refractivity contribution is 6.01. The van der Waals surface area contributed by atoms with Gasteiger partial charge in [0, 0.05) is 11.3 Å². The zero-order valence-corrected chi connectivity index (χ0v) is 17.8. The van der Waals surface area contributed by atoms with Gasteiger partial charge in [-0.15, -0.1) is 5.10 Å². The summed E-state index contributed by atoms with van der Waals surface area (Å²) in [5.41, 5.74) is 4.61. The molecule has 0 aliphatic heterocycles. The van der Waals surface area contributed by atoms with E-state index in [9.17, 15) is 4.79 Å². The van der Waals surface area contributed by atoms with Crippen LogP contribution in [0, 0.1) is 13.8 Å². The molecule has 1 aromatic heterocycles. The maximum atomic E-state index is 12.9. The fourth-order valence-corrected chi connectivity index (χ4v) is 3.25. The monoisotopic (exact) mass is 412 g/mol. The van der Waals surface area contributed by atoms with E-state index in [1.807, 2.05) is 81.4 Å². The van der Waals surface area contributed by atoms with Crippen molar-refractivity contribution in [3.05, 3.63) is 89.7 Å². The Labute approximate surface area is 181 Å². The number of carbonyl (C=O) groups is 1. The number of anilines is 1. The molecule has 0 bridgehead atoms. The molecule has 156 valence electrons. The Bertz CT molecular complexity index is 1200. The van der Waals surface area contributed by atoms with Gasteiger partial charge in [-0.3, -0.25) is 4.79 Å². The zero-order chi connectivity index (χ0) is 21.8. The Morgan fingerprint density at radius 1 is 0.968 bits per heavy atom. The lowest BCUT2D eigenvalue weighted by Crippen LogP contribution is -2.14. The molecule has 0 radical (unpaired) electrons. The summed E-state index contributed by atoms with van der Waals surface area (Å²) < 4.78 is 7.18. The van der Waals surface area contributed by atoms with Gasteiger partial charge in [-0.05, 0) is 56.7 Å². The number of hydrogen-bond donors (Lipinski definition) is 1. The largest absolute Gasteiger partial charge is 0.494 e. The minimum absolute atomic E-state index is 0.104. The van der Waals surface area contributed by atoms with Crippen LogP contribution >= 0.6 is 0 Å². The number of benzene rings is 3. The molecule has 0 unspecified atom stereocenters. The molecule has 6 nitrogen and oxygen atoms in total. The summed E-state index contributed by atoms with van der Waals surface area (Å²) in [4.78, 5) is 17.5. The van der Waals surface area contributed by atoms with E-state index < -0.39 is 0 Å². The maximum absolute atomic E-state index is 12.9. The van der Waals surface area contributed by atoms with E-state index in [0.717, 1.165) is 28.1 Å². The molecule has 6 heteroatoms. The minimum Gasteiger partial charge on any atom is -0.494 e. The molecule has 3 aromatic carbocycles. The highest BCUT2D eigenvalue weighted by atomic mass is 16.5. The third-order valence-electron chi connectivity index (χ3n) is 4.89. The van der Waals surface area contributed by atoms with Gasteiger partial charge in [0.05, 0.1) is 12.3 Å². The number of nitrogens with zero attached hydrogens (tertiary/aromatic N) is 3. The van der Waals surface area contributed by atoms with Crippen LogP contribution in [0.5, 0.6) is 5.75 Å². The highest BCUT2D eigenvalue weighted by Gasteiger charge is 2.19. The summed E-state index contributed by atoms with van der Waals surface area (Å²) in [7, 11) is 0. The first-order valence-corrected chi connectivity index (χ1v) is 10.2. The molecule has 0 aliphatic rings. The summed E-state index contributed by atoms with van der Waals surface area (Å²) in [6.45, 7) is 6.56. The maximum Gasteiger partial charge on any atom is 0.295 e. The van der Waals surface area contributed by atoms with Gasteiger partial charge in [0.2, 0.25) is 5.82 Å². The molecule has 0 aliphatic carbocycles. The molecule has 0 spiro atoms. The van der Waals surface area contributed by atoms with Crippen molar-refractivity contribution < 1.29 is 9.53 Å². The predicted octanol–water partition coefficient (Wildman–Crippen LogP) is 5.20. The van der Waals surface area contributed by atoms with E-state index in [2.05, 4.69) is 15.4 Å². The molecule has 0 fully saturated rings. The van der Waals surface area contributed by atoms with Crippen LogP contribution in [0.15, 0.2) is 72.8 Å². The SMILES string of the molecule is CCOc1ccc(NC(=O)c2nc(-c3ccc(C)cc3)n(-c3ccccc3C)n2)cc1. The lowest BCUT2D eigenvalue weighted by Gasteiger charge is -2.09. The molecule has 4 aromatic rings. The quantitative estimate of drug-likeness (QED) is 0.472. The summed E-state index contributed by atoms with van der Waals surface area (Å²) in [6.07, 6.45) is 0. The molecule has 1 heterocycles. The topological polar surface area (TPSA) is 69.0 Å². The van der Waals surface area contributed by atoms with Crippen molar-refractivity contribution in [1.82, 2.24) is 14.8 Å². The highest BCUT2D eigenvalue weighted by Crippen LogP contribution is 2.24. The van der Waals surface area contributed by atoms with Crippen LogP contribution in [0.2, 0.25) is 0 Å². The van der Waals surface area contributed by atoms with Crippen LogP contribution in [0.3, 0.4) is 0 Å². The summed E-state index contributed by atoms with van der Waals surface area (Å²) in [5.74, 6) is 1.10. The fraction of sp³-hybridized carbons (Fsp3) is 0.160. The van der Waals surface area contributed by atoms with Gasteiger partial charge >= 0.3 is 0 Å². The summed E-state index contributed by atoms with van der Waals surface area (Å²) in [5, 5.41) is 7.41. The van der Waals surface area contributed by atoms with Crippen LogP contribution in [0.25, 0.3) is 17.1 Å². The molecule has 0 saturated heterocycles. The number of rotatable bonds is 6. The lowest BCUT2D eigenvalue weighted by atomic mass is 10.1. The second kappa shape index (κ2) is 8.83. The van der Waals surface area contributed by atoms with Crippen molar-refractivity contribution in [3.8, 4) is 22.8 Å². The number of aromatic nitrogens is 3. The van der Waals surface area contributed by atoms with Gasteiger partial charge in [-0.2, -0.15) is 0 Å². The molecule has 4 rings (SSSR count). The normalized spacial score (nSPS) is 10.7. The summed E-state index contributed by atoms with van der Waals surface area (Å²) in [6, 6.07) is 23.1. The Kier molecular flexibility index (Phi) is 5.80. The summed E-state index contributed by atoms with van der Waals surface area (Å²) >= 11 is 0. The van der Waals surface area contributed by atoms with Crippen LogP contribution in [-0.2, 0) is 0 Å². The molecular formula is C25H24N4O2. The van der Waals surface area contributed by atoms with Gasteiger partial charge in [-0.1, -0.05) is 48.0 Å². The average molecular weight is 412 g/mol. The molecular weight excluding hydrogens is 388 g/mol. The first-order chi connectivity index (χ1) is 15.0. The van der Waals surface area contributed by atoms with Crippen molar-refractivity contribution in [1.29, 1.82) is 0 Å². The molecule has 1 amide bonds. The Morgan fingerprint density at radius 2 is 1.68 bits per heavy atom. The second-order valence-electron chi connectivity index (χ2n) is 7.23. The number of nitrogens with one attached hydrogen (secondary N) is 1. The van der Waals surface area contributed by atoms with Crippen molar-refractivity contribution in [2.24, 2.45) is 0 Å². The predicted molar refractivity (Wildman–Crippen MR) is 122 cm³/mol. The number of para-hydroxylation sites is 1. The van der Waals surface area contributed by atoms with Crippen molar-refractivity contribution in [3.63, 3.8) is 0 Å². The van der Waals surface area contributed by atoms with Crippen molar-refractivity contribution in [2.75, 3.05) is 11.9 Å². The Balaban J connectivity index is 1.69. The number of aryl methyl sites for hydroxylation is 2. The van der Waals surface area contributed by atoms with E-state index in [1.165, 1.54) is 0 Å². The third-order valence-corrected chi connectivity index (χ3v) is 4.89. The molecule has 0 atom stereocenters.